The van der Waals surface area contributed by atoms with Crippen molar-refractivity contribution >= 4 is 24.3 Å². The second-order valence-corrected chi connectivity index (χ2v) is 5.78. The van der Waals surface area contributed by atoms with Crippen LogP contribution in [0.4, 0.5) is 0 Å². The largest absolute Gasteiger partial charge is 0.459 e. The Morgan fingerprint density at radius 1 is 0.833 bits per heavy atom. The molecular weight excluding hydrogens is 258 g/mol. The van der Waals surface area contributed by atoms with E-state index < -0.39 is 11.2 Å². The molecule has 0 amide bonds. The summed E-state index contributed by atoms with van der Waals surface area (Å²) in [6, 6.07) is 0. The lowest BCUT2D eigenvalue weighted by molar-refractivity contribution is -0.155. The first-order valence-corrected chi connectivity index (χ1v) is 5.64. The summed E-state index contributed by atoms with van der Waals surface area (Å²) in [5.74, 6) is -0.776. The SMILES string of the molecule is CC(C)(C)OC(=O)CNCC(=O)OC(C)(C)C.Cl. The van der Waals surface area contributed by atoms with Gasteiger partial charge in [0.05, 0.1) is 13.1 Å². The Hall–Kier alpha value is -0.810. The second-order valence-electron chi connectivity index (χ2n) is 5.78. The Labute approximate surface area is 115 Å². The molecule has 18 heavy (non-hydrogen) atoms. The standard InChI is InChI=1S/C12H23NO4.ClH/c1-11(2,3)16-9(14)7-13-8-10(15)17-12(4,5)6;/h13H,7-8H2,1-6H3;1H. The Bertz CT molecular complexity index is 251. The van der Waals surface area contributed by atoms with Crippen molar-refractivity contribution in [3.8, 4) is 0 Å². The highest BCUT2D eigenvalue weighted by Gasteiger charge is 2.18. The van der Waals surface area contributed by atoms with Gasteiger partial charge >= 0.3 is 11.9 Å². The molecule has 0 atom stereocenters. The molecule has 0 saturated heterocycles. The van der Waals surface area contributed by atoms with E-state index in [0.717, 1.165) is 0 Å². The van der Waals surface area contributed by atoms with E-state index in [-0.39, 0.29) is 37.4 Å². The van der Waals surface area contributed by atoms with Gasteiger partial charge in [-0.2, -0.15) is 0 Å². The van der Waals surface area contributed by atoms with Gasteiger partial charge in [-0.05, 0) is 41.5 Å². The van der Waals surface area contributed by atoms with Crippen LogP contribution in [0.3, 0.4) is 0 Å². The third-order valence-corrected chi connectivity index (χ3v) is 1.38. The monoisotopic (exact) mass is 281 g/mol. The van der Waals surface area contributed by atoms with Gasteiger partial charge in [0.15, 0.2) is 0 Å². The summed E-state index contributed by atoms with van der Waals surface area (Å²) < 4.78 is 10.1. The van der Waals surface area contributed by atoms with Gasteiger partial charge in [-0.25, -0.2) is 0 Å². The summed E-state index contributed by atoms with van der Waals surface area (Å²) in [6.45, 7) is 10.7. The molecule has 0 aliphatic carbocycles. The highest BCUT2D eigenvalue weighted by molar-refractivity contribution is 5.85. The third kappa shape index (κ3) is 13.3. The van der Waals surface area contributed by atoms with Crippen molar-refractivity contribution in [3.05, 3.63) is 0 Å². The maximum atomic E-state index is 11.3. The molecule has 0 bridgehead atoms. The minimum absolute atomic E-state index is 0. The van der Waals surface area contributed by atoms with Crippen LogP contribution in [-0.4, -0.2) is 36.2 Å². The zero-order valence-corrected chi connectivity index (χ0v) is 12.8. The van der Waals surface area contributed by atoms with Crippen LogP contribution in [0.1, 0.15) is 41.5 Å². The van der Waals surface area contributed by atoms with Gasteiger partial charge in [-0.3, -0.25) is 14.9 Å². The molecule has 0 heterocycles. The van der Waals surface area contributed by atoms with E-state index in [2.05, 4.69) is 5.32 Å². The molecule has 0 unspecified atom stereocenters. The van der Waals surface area contributed by atoms with Gasteiger partial charge in [0.2, 0.25) is 0 Å². The van der Waals surface area contributed by atoms with Gasteiger partial charge in [0.1, 0.15) is 11.2 Å². The highest BCUT2D eigenvalue weighted by atomic mass is 35.5. The molecule has 0 rings (SSSR count). The van der Waals surface area contributed by atoms with Crippen molar-refractivity contribution in [1.29, 1.82) is 0 Å². The molecule has 0 aliphatic heterocycles. The van der Waals surface area contributed by atoms with E-state index in [1.807, 2.05) is 0 Å². The molecule has 0 saturated carbocycles. The van der Waals surface area contributed by atoms with Gasteiger partial charge in [-0.1, -0.05) is 0 Å². The van der Waals surface area contributed by atoms with Gasteiger partial charge in [-0.15, -0.1) is 12.4 Å². The number of carbonyl (C=O) groups excluding carboxylic acids is 2. The van der Waals surface area contributed by atoms with Crippen LogP contribution in [0.25, 0.3) is 0 Å². The van der Waals surface area contributed by atoms with Crippen LogP contribution >= 0.6 is 12.4 Å². The molecule has 0 aromatic heterocycles. The van der Waals surface area contributed by atoms with E-state index in [4.69, 9.17) is 9.47 Å². The molecule has 0 spiro atoms. The normalized spacial score (nSPS) is 11.4. The lowest BCUT2D eigenvalue weighted by atomic mass is 10.2. The van der Waals surface area contributed by atoms with Gasteiger partial charge < -0.3 is 9.47 Å². The third-order valence-electron chi connectivity index (χ3n) is 1.38. The van der Waals surface area contributed by atoms with Crippen LogP contribution in [0.5, 0.6) is 0 Å². The molecule has 0 fully saturated rings. The number of halogens is 1. The molecule has 108 valence electrons. The van der Waals surface area contributed by atoms with Gasteiger partial charge in [0.25, 0.3) is 0 Å². The maximum absolute atomic E-state index is 11.3. The van der Waals surface area contributed by atoms with Crippen LogP contribution < -0.4 is 5.32 Å². The fourth-order valence-corrected chi connectivity index (χ4v) is 1.02. The van der Waals surface area contributed by atoms with Crippen molar-refractivity contribution in [2.24, 2.45) is 0 Å². The van der Waals surface area contributed by atoms with Crippen LogP contribution in [0, 0.1) is 0 Å². The second kappa shape index (κ2) is 7.59. The van der Waals surface area contributed by atoms with E-state index in [0.29, 0.717) is 0 Å². The zero-order chi connectivity index (χ0) is 13.7. The predicted molar refractivity (Wildman–Crippen MR) is 71.8 cm³/mol. The number of hydrogen-bond donors (Lipinski definition) is 1. The minimum Gasteiger partial charge on any atom is -0.459 e. The first kappa shape index (κ1) is 19.5. The molecule has 5 nitrogen and oxygen atoms in total. The average molecular weight is 282 g/mol. The fraction of sp³-hybridized carbons (Fsp3) is 0.833. The number of carbonyl (C=O) groups is 2. The van der Waals surface area contributed by atoms with E-state index in [9.17, 15) is 9.59 Å². The van der Waals surface area contributed by atoms with Crippen LogP contribution in [0.2, 0.25) is 0 Å². The van der Waals surface area contributed by atoms with Crippen molar-refractivity contribution in [2.75, 3.05) is 13.1 Å². The lowest BCUT2D eigenvalue weighted by Crippen LogP contribution is -2.36. The van der Waals surface area contributed by atoms with E-state index in [1.54, 1.807) is 41.5 Å². The quantitative estimate of drug-likeness (QED) is 0.795. The fourth-order valence-electron chi connectivity index (χ4n) is 1.02. The predicted octanol–water partition coefficient (Wildman–Crippen LogP) is 1.68. The Kier molecular flexibility index (Phi) is 8.23. The number of ether oxygens (including phenoxy) is 2. The topological polar surface area (TPSA) is 64.6 Å². The number of rotatable bonds is 4. The first-order valence-electron chi connectivity index (χ1n) is 5.64. The number of esters is 2. The molecule has 0 radical (unpaired) electrons. The van der Waals surface area contributed by atoms with Crippen molar-refractivity contribution in [3.63, 3.8) is 0 Å². The molecule has 0 aromatic rings. The molecule has 0 aliphatic rings. The molecule has 1 N–H and O–H groups in total. The van der Waals surface area contributed by atoms with E-state index >= 15 is 0 Å². The highest BCUT2D eigenvalue weighted by Crippen LogP contribution is 2.07. The summed E-state index contributed by atoms with van der Waals surface area (Å²) in [7, 11) is 0. The summed E-state index contributed by atoms with van der Waals surface area (Å²) in [5.41, 5.74) is -1.02. The average Bonchev–Trinajstić information content (AvgIpc) is 1.95. The molecule has 6 heteroatoms. The summed E-state index contributed by atoms with van der Waals surface area (Å²) in [4.78, 5) is 22.6. The summed E-state index contributed by atoms with van der Waals surface area (Å²) >= 11 is 0. The molecular formula is C12H24ClNO4. The Morgan fingerprint density at radius 2 is 1.11 bits per heavy atom. The number of hydrogen-bond acceptors (Lipinski definition) is 5. The Balaban J connectivity index is 0. The Morgan fingerprint density at radius 3 is 1.33 bits per heavy atom. The van der Waals surface area contributed by atoms with Gasteiger partial charge in [0, 0.05) is 0 Å². The molecule has 0 aromatic carbocycles. The minimum atomic E-state index is -0.509. The number of nitrogens with one attached hydrogen (secondary N) is 1. The van der Waals surface area contributed by atoms with Crippen molar-refractivity contribution < 1.29 is 19.1 Å². The summed E-state index contributed by atoms with van der Waals surface area (Å²) in [6.07, 6.45) is 0. The van der Waals surface area contributed by atoms with E-state index in [1.165, 1.54) is 0 Å². The zero-order valence-electron chi connectivity index (χ0n) is 12.0. The first-order chi connectivity index (χ1) is 7.49. The lowest BCUT2D eigenvalue weighted by Gasteiger charge is -2.20. The van der Waals surface area contributed by atoms with Crippen LogP contribution in [-0.2, 0) is 19.1 Å². The van der Waals surface area contributed by atoms with Crippen LogP contribution in [0.15, 0.2) is 0 Å². The van der Waals surface area contributed by atoms with Crippen molar-refractivity contribution in [2.45, 2.75) is 52.7 Å². The maximum Gasteiger partial charge on any atom is 0.320 e. The smallest absolute Gasteiger partial charge is 0.320 e. The van der Waals surface area contributed by atoms with Crippen molar-refractivity contribution in [1.82, 2.24) is 5.32 Å². The summed E-state index contributed by atoms with van der Waals surface area (Å²) in [5, 5.41) is 2.68.